The number of rotatable bonds is 5. The maximum Gasteiger partial charge on any atom is 0.242 e. The minimum atomic E-state index is -1.34. The number of phenols is 1. The number of aryl methyl sites for hydroxylation is 2. The van der Waals surface area contributed by atoms with Crippen molar-refractivity contribution in [1.82, 2.24) is 14.7 Å². The van der Waals surface area contributed by atoms with E-state index in [0.717, 1.165) is 26.1 Å². The van der Waals surface area contributed by atoms with Crippen LogP contribution in [0, 0.1) is 36.0 Å². The summed E-state index contributed by atoms with van der Waals surface area (Å²) in [6, 6.07) is 12.4. The molecule has 0 radical (unpaired) electrons. The summed E-state index contributed by atoms with van der Waals surface area (Å²) in [6.45, 7) is 5.84. The van der Waals surface area contributed by atoms with E-state index in [0.29, 0.717) is 34.3 Å². The van der Waals surface area contributed by atoms with Crippen molar-refractivity contribution < 1.29 is 29.0 Å². The first kappa shape index (κ1) is 31.8. The fraction of sp³-hybridized carbons (Fsp3) is 0.378. The number of aromatic hydroxyl groups is 1. The van der Waals surface area contributed by atoms with Gasteiger partial charge in [-0.2, -0.15) is 5.10 Å². The molecule has 2 saturated heterocycles. The van der Waals surface area contributed by atoms with E-state index < -0.39 is 46.8 Å². The van der Waals surface area contributed by atoms with Crippen LogP contribution < -0.4 is 9.64 Å². The average Bonchev–Trinajstić information content (AvgIpc) is 3.75. The smallest absolute Gasteiger partial charge is 0.242 e. The second-order valence-electron chi connectivity index (χ2n) is 13.7. The number of hydrogen-bond donors (Lipinski definition) is 1. The number of carbonyl (C=O) groups excluding carboxylic acids is 4. The van der Waals surface area contributed by atoms with E-state index >= 15 is 4.79 Å². The molecule has 2 aliphatic heterocycles. The van der Waals surface area contributed by atoms with Gasteiger partial charge in [-0.3, -0.25) is 28.8 Å². The summed E-state index contributed by atoms with van der Waals surface area (Å²) in [6.07, 6.45) is 2.52. The first-order chi connectivity index (χ1) is 23.4. The number of allylic oxidation sites excluding steroid dienone is 2. The topological polar surface area (TPSA) is 122 Å². The fourth-order valence-corrected chi connectivity index (χ4v) is 10.5. The average molecular weight is 699 g/mol. The van der Waals surface area contributed by atoms with Crippen molar-refractivity contribution in [1.29, 1.82) is 0 Å². The molecule has 12 heteroatoms. The van der Waals surface area contributed by atoms with Gasteiger partial charge in [0.15, 0.2) is 0 Å². The monoisotopic (exact) mass is 698 g/mol. The number of phenolic OH excluding ortho intramolecular Hbond substituents is 1. The van der Waals surface area contributed by atoms with Gasteiger partial charge < -0.3 is 9.84 Å². The lowest BCUT2D eigenvalue weighted by atomic mass is 9.51. The molecule has 0 spiro atoms. The first-order valence-electron chi connectivity index (χ1n) is 16.4. The summed E-state index contributed by atoms with van der Waals surface area (Å²) < 4.78 is 8.35. The Morgan fingerprint density at radius 3 is 2.59 bits per heavy atom. The van der Waals surface area contributed by atoms with Crippen LogP contribution >= 0.6 is 22.9 Å². The molecular formula is C37H35ClN4O6S. The number of aromatic nitrogens is 2. The maximum atomic E-state index is 15.0. The molecule has 1 saturated carbocycles. The van der Waals surface area contributed by atoms with Gasteiger partial charge in [-0.15, -0.1) is 11.3 Å². The second kappa shape index (κ2) is 11.0. The molecule has 1 N–H and O–H groups in total. The number of fused-ring (bicyclic) bond motifs is 5. The highest BCUT2D eigenvalue weighted by molar-refractivity contribution is 7.22. The number of likely N-dealkylation sites (tertiary alicyclic amines) is 1. The van der Waals surface area contributed by atoms with E-state index in [1.54, 1.807) is 61.2 Å². The molecule has 49 heavy (non-hydrogen) atoms. The molecule has 4 heterocycles. The predicted molar refractivity (Wildman–Crippen MR) is 185 cm³/mol. The molecule has 6 atom stereocenters. The van der Waals surface area contributed by atoms with Crippen LogP contribution in [0.25, 0.3) is 20.7 Å². The minimum absolute atomic E-state index is 0.0705. The minimum Gasteiger partial charge on any atom is -0.508 e. The van der Waals surface area contributed by atoms with Crippen LogP contribution in [0.4, 0.5) is 5.82 Å². The number of nitrogens with zero attached hydrogens (tertiary/aromatic N) is 4. The summed E-state index contributed by atoms with van der Waals surface area (Å²) in [4.78, 5) is 60.3. The van der Waals surface area contributed by atoms with Crippen LogP contribution in [0.1, 0.15) is 43.7 Å². The summed E-state index contributed by atoms with van der Waals surface area (Å²) in [5.41, 5.74) is 1.46. The summed E-state index contributed by atoms with van der Waals surface area (Å²) in [5.74, 6) is -3.93. The maximum absolute atomic E-state index is 15.0. The third-order valence-corrected chi connectivity index (χ3v) is 13.0. The molecule has 2 aromatic heterocycles. The van der Waals surface area contributed by atoms with Crippen molar-refractivity contribution in [2.45, 2.75) is 39.5 Å². The molecule has 0 bridgehead atoms. The quantitative estimate of drug-likeness (QED) is 0.194. The van der Waals surface area contributed by atoms with Crippen molar-refractivity contribution >= 4 is 62.5 Å². The zero-order valence-electron chi connectivity index (χ0n) is 27.7. The zero-order chi connectivity index (χ0) is 34.7. The number of thiophene rings is 1. The van der Waals surface area contributed by atoms with Gasteiger partial charge in [0, 0.05) is 40.9 Å². The molecule has 8 rings (SSSR count). The highest BCUT2D eigenvalue weighted by Gasteiger charge is 2.68. The third kappa shape index (κ3) is 4.21. The van der Waals surface area contributed by atoms with E-state index in [1.807, 2.05) is 31.2 Å². The van der Waals surface area contributed by atoms with E-state index in [4.69, 9.17) is 21.4 Å². The van der Waals surface area contributed by atoms with Crippen LogP contribution in [-0.2, 0) is 26.2 Å². The number of hydrogen-bond acceptors (Lipinski definition) is 8. The van der Waals surface area contributed by atoms with Gasteiger partial charge in [-0.05, 0) is 80.8 Å². The lowest BCUT2D eigenvalue weighted by molar-refractivity contribution is -0.140. The van der Waals surface area contributed by atoms with Gasteiger partial charge >= 0.3 is 0 Å². The molecule has 4 aliphatic rings. The number of anilines is 1. The number of methoxy groups -OCH3 is 1. The van der Waals surface area contributed by atoms with E-state index in [-0.39, 0.29) is 30.5 Å². The van der Waals surface area contributed by atoms with E-state index in [9.17, 15) is 19.5 Å². The Kier molecular flexibility index (Phi) is 7.14. The predicted octanol–water partition coefficient (Wildman–Crippen LogP) is 6.23. The molecule has 252 valence electrons. The Labute approximate surface area is 291 Å². The Morgan fingerprint density at radius 1 is 1.08 bits per heavy atom. The molecule has 10 nitrogen and oxygen atoms in total. The van der Waals surface area contributed by atoms with Crippen LogP contribution in [0.3, 0.4) is 0 Å². The normalized spacial score (nSPS) is 27.9. The molecular weight excluding hydrogens is 664 g/mol. The van der Waals surface area contributed by atoms with E-state index in [2.05, 4.69) is 0 Å². The van der Waals surface area contributed by atoms with Crippen LogP contribution in [0.2, 0.25) is 5.02 Å². The first-order valence-corrected chi connectivity index (χ1v) is 17.6. The van der Waals surface area contributed by atoms with Crippen molar-refractivity contribution in [3.8, 4) is 22.1 Å². The van der Waals surface area contributed by atoms with Crippen LogP contribution in [0.15, 0.2) is 54.1 Å². The summed E-state index contributed by atoms with van der Waals surface area (Å²) in [5, 5.41) is 17.8. The van der Waals surface area contributed by atoms with Crippen molar-refractivity contribution in [3.63, 3.8) is 0 Å². The molecule has 2 aromatic carbocycles. The number of carbonyl (C=O) groups is 4. The number of benzene rings is 2. The Morgan fingerprint density at radius 2 is 1.86 bits per heavy atom. The van der Waals surface area contributed by atoms with Crippen LogP contribution in [-0.4, -0.2) is 57.1 Å². The third-order valence-electron chi connectivity index (χ3n) is 11.4. The SMILES string of the molecule is CCN1C(=O)C2CC=C3C(CC4C(=O)N(c5cc(-c6sc7ccc(Cl)cc7c6C)nn5C)C(=O)C4(C)C3c3c(O)cccc3OC)C2C1=O. The second-order valence-corrected chi connectivity index (χ2v) is 15.2. The number of imide groups is 2. The van der Waals surface area contributed by atoms with Gasteiger partial charge in [0.2, 0.25) is 23.6 Å². The van der Waals surface area contributed by atoms with Gasteiger partial charge in [0.25, 0.3) is 0 Å². The zero-order valence-corrected chi connectivity index (χ0v) is 29.3. The number of halogens is 1. The number of ether oxygens (including phenoxy) is 1. The molecule has 2 aliphatic carbocycles. The lowest BCUT2D eigenvalue weighted by Crippen LogP contribution is -2.49. The summed E-state index contributed by atoms with van der Waals surface area (Å²) >= 11 is 7.86. The fourth-order valence-electron chi connectivity index (χ4n) is 9.13. The standard InChI is InChI=1S/C37H35ClN4O6S/c1-6-41-33(44)20-12-11-19-22(29(20)35(41)46)15-23-34(45)42(36(47)37(23,3)31(19)30-25(43)8-7-9-26(30)48-5)28-16-24(39-40(28)4)32-17(2)21-14-18(38)10-13-27(21)49-32/h7-11,13-14,16,20,22-23,29,31,43H,6,12,15H2,1-5H3. The Hall–Kier alpha value is -4.48. The van der Waals surface area contributed by atoms with Crippen LogP contribution in [0.5, 0.6) is 11.5 Å². The highest BCUT2D eigenvalue weighted by Crippen LogP contribution is 2.65. The van der Waals surface area contributed by atoms with Gasteiger partial charge in [-0.25, -0.2) is 4.90 Å². The van der Waals surface area contributed by atoms with Gasteiger partial charge in [-0.1, -0.05) is 29.3 Å². The highest BCUT2D eigenvalue weighted by atomic mass is 35.5. The number of amides is 4. The van der Waals surface area contributed by atoms with Gasteiger partial charge in [0.1, 0.15) is 23.0 Å². The van der Waals surface area contributed by atoms with Crippen molar-refractivity contribution in [2.24, 2.45) is 36.1 Å². The Bertz CT molecular complexity index is 2170. The van der Waals surface area contributed by atoms with Crippen molar-refractivity contribution in [2.75, 3.05) is 18.6 Å². The summed E-state index contributed by atoms with van der Waals surface area (Å²) in [7, 11) is 3.21. The van der Waals surface area contributed by atoms with Gasteiger partial charge in [0.05, 0.1) is 35.2 Å². The molecule has 4 aromatic rings. The van der Waals surface area contributed by atoms with Crippen molar-refractivity contribution in [3.05, 3.63) is 70.3 Å². The van der Waals surface area contributed by atoms with E-state index in [1.165, 1.54) is 16.9 Å². The Balaban J connectivity index is 1.28. The largest absolute Gasteiger partial charge is 0.508 e. The molecule has 4 amide bonds. The molecule has 6 unspecified atom stereocenters. The lowest BCUT2D eigenvalue weighted by Gasteiger charge is -2.49. The molecule has 3 fully saturated rings.